The molecule has 1 amide bonds. The molecule has 1 aliphatic heterocycles. The molecule has 3 aromatic rings. The molecule has 3 nitrogen and oxygen atoms in total. The van der Waals surface area contributed by atoms with Crippen LogP contribution in [-0.2, 0) is 13.0 Å². The van der Waals surface area contributed by atoms with E-state index in [1.165, 1.54) is 16.7 Å². The molecule has 1 heterocycles. The van der Waals surface area contributed by atoms with Gasteiger partial charge in [0, 0.05) is 19.0 Å². The smallest absolute Gasteiger partial charge is 0.258 e. The van der Waals surface area contributed by atoms with Crippen LogP contribution in [0.15, 0.2) is 72.8 Å². The average molecular weight is 426 g/mol. The van der Waals surface area contributed by atoms with Crippen LogP contribution in [0.2, 0.25) is 0 Å². The number of aryl methyl sites for hydroxylation is 1. The number of benzene rings is 3. The Morgan fingerprint density at radius 3 is 2.44 bits per heavy atom. The van der Waals surface area contributed by atoms with Gasteiger partial charge in [0.15, 0.2) is 0 Å². The number of para-hydroxylation sites is 1. The molecule has 0 saturated heterocycles. The van der Waals surface area contributed by atoms with Crippen LogP contribution in [0.3, 0.4) is 0 Å². The zero-order chi connectivity index (χ0) is 21.9. The van der Waals surface area contributed by atoms with Crippen molar-refractivity contribution in [3.05, 3.63) is 101 Å². The van der Waals surface area contributed by atoms with E-state index < -0.39 is 0 Å². The molecule has 0 radical (unpaired) electrons. The normalized spacial score (nSPS) is 19.8. The van der Waals surface area contributed by atoms with Crippen molar-refractivity contribution in [2.24, 2.45) is 0 Å². The molecule has 0 unspecified atom stereocenters. The Balaban J connectivity index is 1.41. The number of ether oxygens (including phenoxy) is 1. The molecule has 3 heteroatoms. The predicted octanol–water partition coefficient (Wildman–Crippen LogP) is 6.30. The average Bonchev–Trinajstić information content (AvgIpc) is 3.33. The standard InChI is InChI=1S/C29H31NO2/c1-21-8-5-6-11-25(21)20-30(29(31)27-13-7-12-24-18-19-32-28(24)27)26-16-14-23(15-17-26)22-9-3-2-4-10-22/h2-13,23,26H,14-20H2,1H3. The van der Waals surface area contributed by atoms with Crippen molar-refractivity contribution in [3.8, 4) is 5.75 Å². The lowest BCUT2D eigenvalue weighted by atomic mass is 9.81. The van der Waals surface area contributed by atoms with Gasteiger partial charge in [0.05, 0.1) is 12.2 Å². The number of nitrogens with zero attached hydrogens (tertiary/aromatic N) is 1. The molecule has 0 aromatic heterocycles. The lowest BCUT2D eigenvalue weighted by Gasteiger charge is -2.37. The summed E-state index contributed by atoms with van der Waals surface area (Å²) in [6, 6.07) is 25.5. The van der Waals surface area contributed by atoms with Gasteiger partial charge in [0.1, 0.15) is 5.75 Å². The Morgan fingerprint density at radius 2 is 1.66 bits per heavy atom. The molecule has 1 saturated carbocycles. The van der Waals surface area contributed by atoms with E-state index in [9.17, 15) is 4.79 Å². The van der Waals surface area contributed by atoms with Crippen molar-refractivity contribution in [3.63, 3.8) is 0 Å². The van der Waals surface area contributed by atoms with E-state index >= 15 is 0 Å². The molecular formula is C29H31NO2. The lowest BCUT2D eigenvalue weighted by molar-refractivity contribution is 0.0602. The summed E-state index contributed by atoms with van der Waals surface area (Å²) in [5.41, 5.74) is 5.76. The number of carbonyl (C=O) groups is 1. The summed E-state index contributed by atoms with van der Waals surface area (Å²) in [5.74, 6) is 1.49. The van der Waals surface area contributed by atoms with Crippen molar-refractivity contribution >= 4 is 5.91 Å². The third kappa shape index (κ3) is 4.17. The maximum absolute atomic E-state index is 13.9. The van der Waals surface area contributed by atoms with Gasteiger partial charge in [-0.05, 0) is 66.8 Å². The lowest BCUT2D eigenvalue weighted by Crippen LogP contribution is -2.42. The minimum absolute atomic E-state index is 0.107. The van der Waals surface area contributed by atoms with E-state index in [0.717, 1.165) is 49.0 Å². The van der Waals surface area contributed by atoms with Crippen molar-refractivity contribution in [1.29, 1.82) is 0 Å². The minimum Gasteiger partial charge on any atom is -0.492 e. The van der Waals surface area contributed by atoms with Crippen LogP contribution in [-0.4, -0.2) is 23.5 Å². The van der Waals surface area contributed by atoms with Crippen LogP contribution in [0, 0.1) is 6.92 Å². The summed E-state index contributed by atoms with van der Waals surface area (Å²) in [5, 5.41) is 0. The predicted molar refractivity (Wildman–Crippen MR) is 128 cm³/mol. The van der Waals surface area contributed by atoms with Gasteiger partial charge in [-0.1, -0.05) is 66.7 Å². The summed E-state index contributed by atoms with van der Waals surface area (Å²) in [6.07, 6.45) is 5.20. The van der Waals surface area contributed by atoms with Crippen molar-refractivity contribution in [2.75, 3.05) is 6.61 Å². The van der Waals surface area contributed by atoms with E-state index in [-0.39, 0.29) is 11.9 Å². The highest BCUT2D eigenvalue weighted by atomic mass is 16.5. The largest absolute Gasteiger partial charge is 0.492 e. The van der Waals surface area contributed by atoms with Crippen LogP contribution in [0.4, 0.5) is 0 Å². The van der Waals surface area contributed by atoms with Gasteiger partial charge in [-0.2, -0.15) is 0 Å². The van der Waals surface area contributed by atoms with Gasteiger partial charge >= 0.3 is 0 Å². The van der Waals surface area contributed by atoms with Gasteiger partial charge in [-0.15, -0.1) is 0 Å². The van der Waals surface area contributed by atoms with Crippen LogP contribution in [0.5, 0.6) is 5.75 Å². The third-order valence-electron chi connectivity index (χ3n) is 7.22. The molecule has 1 aliphatic carbocycles. The molecule has 164 valence electrons. The first-order chi connectivity index (χ1) is 15.7. The highest BCUT2D eigenvalue weighted by Crippen LogP contribution is 2.37. The molecule has 3 aromatic carbocycles. The van der Waals surface area contributed by atoms with Gasteiger partial charge in [-0.25, -0.2) is 0 Å². The summed E-state index contributed by atoms with van der Waals surface area (Å²) < 4.78 is 5.89. The molecule has 2 aliphatic rings. The number of rotatable bonds is 5. The van der Waals surface area contributed by atoms with Crippen LogP contribution >= 0.6 is 0 Å². The SMILES string of the molecule is Cc1ccccc1CN(C(=O)c1cccc2c1OCC2)C1CCC(c2ccccc2)CC1. The molecule has 5 rings (SSSR count). The Hall–Kier alpha value is -3.07. The first-order valence-corrected chi connectivity index (χ1v) is 11.9. The second-order valence-corrected chi connectivity index (χ2v) is 9.17. The fourth-order valence-corrected chi connectivity index (χ4v) is 5.32. The van der Waals surface area contributed by atoms with Crippen LogP contribution in [0.25, 0.3) is 0 Å². The number of carbonyl (C=O) groups excluding carboxylic acids is 1. The van der Waals surface area contributed by atoms with Crippen molar-refractivity contribution in [1.82, 2.24) is 4.90 Å². The third-order valence-corrected chi connectivity index (χ3v) is 7.22. The Morgan fingerprint density at radius 1 is 0.906 bits per heavy atom. The topological polar surface area (TPSA) is 29.5 Å². The van der Waals surface area contributed by atoms with Gasteiger partial charge < -0.3 is 9.64 Å². The molecule has 0 spiro atoms. The van der Waals surface area contributed by atoms with Gasteiger partial charge in [0.25, 0.3) is 5.91 Å². The van der Waals surface area contributed by atoms with Gasteiger partial charge in [0.2, 0.25) is 0 Å². The van der Waals surface area contributed by atoms with Crippen LogP contribution in [0.1, 0.15) is 64.2 Å². The summed E-state index contributed by atoms with van der Waals surface area (Å²) in [6.45, 7) is 3.45. The van der Waals surface area contributed by atoms with Crippen molar-refractivity contribution in [2.45, 2.75) is 57.5 Å². The van der Waals surface area contributed by atoms with Crippen LogP contribution < -0.4 is 4.74 Å². The van der Waals surface area contributed by atoms with E-state index in [2.05, 4.69) is 72.5 Å². The Bertz CT molecular complexity index is 1080. The van der Waals surface area contributed by atoms with E-state index in [1.54, 1.807) is 0 Å². The number of hydrogen-bond donors (Lipinski definition) is 0. The second kappa shape index (κ2) is 9.20. The fraction of sp³-hybridized carbons (Fsp3) is 0.345. The first kappa shape index (κ1) is 20.8. The van der Waals surface area contributed by atoms with E-state index in [0.29, 0.717) is 19.1 Å². The number of fused-ring (bicyclic) bond motifs is 1. The fourth-order valence-electron chi connectivity index (χ4n) is 5.32. The highest BCUT2D eigenvalue weighted by Gasteiger charge is 2.32. The van der Waals surface area contributed by atoms with E-state index in [4.69, 9.17) is 4.74 Å². The second-order valence-electron chi connectivity index (χ2n) is 9.17. The number of hydrogen-bond acceptors (Lipinski definition) is 2. The maximum atomic E-state index is 13.9. The quantitative estimate of drug-likeness (QED) is 0.480. The van der Waals surface area contributed by atoms with Crippen molar-refractivity contribution < 1.29 is 9.53 Å². The maximum Gasteiger partial charge on any atom is 0.258 e. The summed E-state index contributed by atoms with van der Waals surface area (Å²) in [4.78, 5) is 16.0. The monoisotopic (exact) mass is 425 g/mol. The molecule has 0 atom stereocenters. The highest BCUT2D eigenvalue weighted by molar-refractivity contribution is 5.97. The zero-order valence-electron chi connectivity index (χ0n) is 18.8. The molecule has 32 heavy (non-hydrogen) atoms. The minimum atomic E-state index is 0.107. The van der Waals surface area contributed by atoms with Gasteiger partial charge in [-0.3, -0.25) is 4.79 Å². The summed E-state index contributed by atoms with van der Waals surface area (Å²) in [7, 11) is 0. The summed E-state index contributed by atoms with van der Waals surface area (Å²) >= 11 is 0. The molecule has 0 N–H and O–H groups in total. The molecule has 1 fully saturated rings. The number of amides is 1. The Labute approximate surface area is 191 Å². The molecule has 0 bridgehead atoms. The first-order valence-electron chi connectivity index (χ1n) is 11.9. The molecular weight excluding hydrogens is 394 g/mol. The Kier molecular flexibility index (Phi) is 5.98. The zero-order valence-corrected chi connectivity index (χ0v) is 18.8. The van der Waals surface area contributed by atoms with E-state index in [1.807, 2.05) is 12.1 Å².